The van der Waals surface area contributed by atoms with E-state index in [4.69, 9.17) is 15.2 Å². The first kappa shape index (κ1) is 13.0. The number of methoxy groups -OCH3 is 2. The van der Waals surface area contributed by atoms with E-state index < -0.39 is 11.4 Å². The molecule has 1 rings (SSSR count). The second kappa shape index (κ2) is 4.86. The molecule has 0 aliphatic heterocycles. The maximum Gasteiger partial charge on any atom is 0.242 e. The fourth-order valence-corrected chi connectivity index (χ4v) is 1.01. The van der Waals surface area contributed by atoms with Gasteiger partial charge in [-0.25, -0.2) is 0 Å². The van der Waals surface area contributed by atoms with Gasteiger partial charge in [-0.15, -0.1) is 0 Å². The molecule has 1 amide bonds. The van der Waals surface area contributed by atoms with Crippen molar-refractivity contribution in [3.8, 4) is 11.8 Å². The molecule has 0 atom stereocenters. The monoisotopic (exact) mass is 240 g/mol. The van der Waals surface area contributed by atoms with E-state index in [2.05, 4.69) is 15.3 Å². The third-order valence-corrected chi connectivity index (χ3v) is 2.14. The van der Waals surface area contributed by atoms with Crippen LogP contribution in [0.25, 0.3) is 0 Å². The quantitative estimate of drug-likeness (QED) is 0.761. The number of rotatable bonds is 5. The molecule has 0 saturated carbocycles. The van der Waals surface area contributed by atoms with E-state index >= 15 is 0 Å². The molecule has 0 aliphatic rings. The Kier molecular flexibility index (Phi) is 3.72. The van der Waals surface area contributed by atoms with Gasteiger partial charge in [-0.1, -0.05) is 0 Å². The number of anilines is 1. The van der Waals surface area contributed by atoms with Crippen molar-refractivity contribution >= 4 is 11.9 Å². The summed E-state index contributed by atoms with van der Waals surface area (Å²) in [4.78, 5) is 19.2. The van der Waals surface area contributed by atoms with Crippen LogP contribution in [0.3, 0.4) is 0 Å². The van der Waals surface area contributed by atoms with Crippen molar-refractivity contribution in [1.82, 2.24) is 9.97 Å². The standard InChI is InChI=1S/C10H16N4O3/c1-10(2,8(11)15)14-9-12-6(16-3)5-7(13-9)17-4/h5H,1-4H3,(H2,11,15)(H,12,13,14). The smallest absolute Gasteiger partial charge is 0.242 e. The van der Waals surface area contributed by atoms with E-state index in [0.29, 0.717) is 11.8 Å². The Morgan fingerprint density at radius 1 is 1.29 bits per heavy atom. The van der Waals surface area contributed by atoms with Gasteiger partial charge in [0.1, 0.15) is 5.54 Å². The van der Waals surface area contributed by atoms with E-state index in [1.54, 1.807) is 13.8 Å². The molecular weight excluding hydrogens is 224 g/mol. The lowest BCUT2D eigenvalue weighted by molar-refractivity contribution is -0.121. The molecule has 7 heteroatoms. The highest BCUT2D eigenvalue weighted by Crippen LogP contribution is 2.19. The summed E-state index contributed by atoms with van der Waals surface area (Å²) in [5.74, 6) is 0.368. The molecule has 17 heavy (non-hydrogen) atoms. The fraction of sp³-hybridized carbons (Fsp3) is 0.500. The van der Waals surface area contributed by atoms with E-state index in [9.17, 15) is 4.79 Å². The molecule has 1 heterocycles. The highest BCUT2D eigenvalue weighted by Gasteiger charge is 2.26. The third kappa shape index (κ3) is 3.20. The third-order valence-electron chi connectivity index (χ3n) is 2.14. The Morgan fingerprint density at radius 2 is 1.76 bits per heavy atom. The second-order valence-electron chi connectivity index (χ2n) is 3.89. The number of nitrogens with zero attached hydrogens (tertiary/aromatic N) is 2. The van der Waals surface area contributed by atoms with Crippen molar-refractivity contribution in [3.63, 3.8) is 0 Å². The Morgan fingerprint density at radius 3 is 2.12 bits per heavy atom. The van der Waals surface area contributed by atoms with E-state index in [0.717, 1.165) is 0 Å². The molecule has 0 radical (unpaired) electrons. The summed E-state index contributed by atoms with van der Waals surface area (Å²) in [6, 6.07) is 1.53. The van der Waals surface area contributed by atoms with Crippen LogP contribution < -0.4 is 20.5 Å². The average Bonchev–Trinajstić information content (AvgIpc) is 2.27. The van der Waals surface area contributed by atoms with Gasteiger partial charge in [0, 0.05) is 0 Å². The van der Waals surface area contributed by atoms with Gasteiger partial charge in [-0.3, -0.25) is 4.79 Å². The van der Waals surface area contributed by atoms with Crippen molar-refractivity contribution in [3.05, 3.63) is 6.07 Å². The summed E-state index contributed by atoms with van der Waals surface area (Å²) in [5.41, 5.74) is 4.28. The van der Waals surface area contributed by atoms with Gasteiger partial charge in [-0.05, 0) is 13.8 Å². The predicted molar refractivity (Wildman–Crippen MR) is 62.0 cm³/mol. The van der Waals surface area contributed by atoms with E-state index in [-0.39, 0.29) is 5.95 Å². The largest absolute Gasteiger partial charge is 0.481 e. The minimum absolute atomic E-state index is 0.213. The van der Waals surface area contributed by atoms with Crippen molar-refractivity contribution in [2.24, 2.45) is 5.73 Å². The highest BCUT2D eigenvalue weighted by atomic mass is 16.5. The molecule has 1 aromatic rings. The molecule has 0 saturated heterocycles. The van der Waals surface area contributed by atoms with Gasteiger partial charge in [0.25, 0.3) is 0 Å². The molecule has 0 aromatic carbocycles. The maximum atomic E-state index is 11.2. The Bertz CT molecular complexity index is 398. The van der Waals surface area contributed by atoms with Gasteiger partial charge in [-0.2, -0.15) is 9.97 Å². The van der Waals surface area contributed by atoms with Crippen LogP contribution in [0.5, 0.6) is 11.8 Å². The van der Waals surface area contributed by atoms with Crippen molar-refractivity contribution in [2.75, 3.05) is 19.5 Å². The topological polar surface area (TPSA) is 99.4 Å². The van der Waals surface area contributed by atoms with Gasteiger partial charge in [0.15, 0.2) is 0 Å². The number of carbonyl (C=O) groups excluding carboxylic acids is 1. The SMILES string of the molecule is COc1cc(OC)nc(NC(C)(C)C(N)=O)n1. The fourth-order valence-electron chi connectivity index (χ4n) is 1.01. The summed E-state index contributed by atoms with van der Waals surface area (Å²) >= 11 is 0. The van der Waals surface area contributed by atoms with Gasteiger partial charge in [0.2, 0.25) is 23.6 Å². The first-order valence-electron chi connectivity index (χ1n) is 4.94. The zero-order chi connectivity index (χ0) is 13.1. The highest BCUT2D eigenvalue weighted by molar-refractivity contribution is 5.86. The minimum Gasteiger partial charge on any atom is -0.481 e. The van der Waals surface area contributed by atoms with Crippen LogP contribution in [0, 0.1) is 0 Å². The van der Waals surface area contributed by atoms with E-state index in [1.165, 1.54) is 20.3 Å². The lowest BCUT2D eigenvalue weighted by Crippen LogP contribution is -2.45. The number of primary amides is 1. The number of carbonyl (C=O) groups is 1. The molecule has 0 bridgehead atoms. The lowest BCUT2D eigenvalue weighted by atomic mass is 10.1. The Hall–Kier alpha value is -2.05. The second-order valence-corrected chi connectivity index (χ2v) is 3.89. The summed E-state index contributed by atoms with van der Waals surface area (Å²) in [5, 5.41) is 2.81. The summed E-state index contributed by atoms with van der Waals surface area (Å²) in [6.45, 7) is 3.26. The summed E-state index contributed by atoms with van der Waals surface area (Å²) in [6.07, 6.45) is 0. The first-order chi connectivity index (χ1) is 7.89. The lowest BCUT2D eigenvalue weighted by Gasteiger charge is -2.22. The average molecular weight is 240 g/mol. The molecule has 94 valence electrons. The van der Waals surface area contributed by atoms with Crippen molar-refractivity contribution in [2.45, 2.75) is 19.4 Å². The number of aromatic nitrogens is 2. The Labute approximate surface area is 99.3 Å². The Balaban J connectivity index is 3.02. The molecular formula is C10H16N4O3. The maximum absolute atomic E-state index is 11.2. The molecule has 3 N–H and O–H groups in total. The molecule has 0 fully saturated rings. The number of ether oxygens (including phenoxy) is 2. The predicted octanol–water partition coefficient (Wildman–Crippen LogP) is 0.170. The zero-order valence-corrected chi connectivity index (χ0v) is 10.3. The van der Waals surface area contributed by atoms with Crippen LogP contribution in [0.2, 0.25) is 0 Å². The van der Waals surface area contributed by atoms with Crippen LogP contribution in [0.1, 0.15) is 13.8 Å². The first-order valence-corrected chi connectivity index (χ1v) is 4.94. The molecule has 0 spiro atoms. The van der Waals surface area contributed by atoms with Crippen LogP contribution in [0.4, 0.5) is 5.95 Å². The summed E-state index contributed by atoms with van der Waals surface area (Å²) in [7, 11) is 2.95. The van der Waals surface area contributed by atoms with Gasteiger partial charge in [0.05, 0.1) is 20.3 Å². The molecule has 1 aromatic heterocycles. The number of nitrogens with one attached hydrogen (secondary N) is 1. The van der Waals surface area contributed by atoms with E-state index in [1.807, 2.05) is 0 Å². The van der Waals surface area contributed by atoms with Gasteiger partial charge < -0.3 is 20.5 Å². The number of hydrogen-bond acceptors (Lipinski definition) is 6. The van der Waals surface area contributed by atoms with Gasteiger partial charge >= 0.3 is 0 Å². The van der Waals surface area contributed by atoms with Crippen molar-refractivity contribution < 1.29 is 14.3 Å². The van der Waals surface area contributed by atoms with Crippen LogP contribution >= 0.6 is 0 Å². The van der Waals surface area contributed by atoms with Crippen LogP contribution in [-0.4, -0.2) is 35.6 Å². The number of amides is 1. The zero-order valence-electron chi connectivity index (χ0n) is 10.3. The van der Waals surface area contributed by atoms with Crippen molar-refractivity contribution in [1.29, 1.82) is 0 Å². The minimum atomic E-state index is -0.961. The molecule has 0 aliphatic carbocycles. The van der Waals surface area contributed by atoms with Crippen LogP contribution in [0.15, 0.2) is 6.07 Å². The van der Waals surface area contributed by atoms with Crippen LogP contribution in [-0.2, 0) is 4.79 Å². The normalized spacial score (nSPS) is 10.8. The number of hydrogen-bond donors (Lipinski definition) is 2. The molecule has 0 unspecified atom stereocenters. The molecule has 7 nitrogen and oxygen atoms in total. The number of nitrogens with two attached hydrogens (primary N) is 1. The summed E-state index contributed by atoms with van der Waals surface area (Å²) < 4.78 is 9.97.